The number of benzene rings is 24. The van der Waals surface area contributed by atoms with Crippen LogP contribution < -0.4 is 0 Å². The van der Waals surface area contributed by atoms with Gasteiger partial charge in [-0.15, -0.1) is 11.3 Å². The molecule has 9 heterocycles. The summed E-state index contributed by atoms with van der Waals surface area (Å²) in [5, 5.41) is 41.0. The first-order chi connectivity index (χ1) is 71.4. The van der Waals surface area contributed by atoms with Gasteiger partial charge in [0.1, 0.15) is 27.2 Å². The van der Waals surface area contributed by atoms with Crippen LogP contribution in [-0.2, 0) is 0 Å². The lowest BCUT2D eigenvalue weighted by molar-refractivity contribution is 0.651. The molecule has 0 fully saturated rings. The number of hydrogen-bond acceptors (Lipinski definition) is 9. The van der Waals surface area contributed by atoms with E-state index in [2.05, 4.69) is 438 Å². The Labute approximate surface area is 823 Å². The van der Waals surface area contributed by atoms with E-state index in [-0.39, 0.29) is 0 Å². The summed E-state index contributed by atoms with van der Waals surface area (Å²) >= 11 is 1.74. The average Bonchev–Trinajstić information content (AvgIpc) is 1.57. The zero-order valence-electron chi connectivity index (χ0n) is 77.1. The molecule has 12 heteroatoms. The molecule has 0 spiro atoms. The van der Waals surface area contributed by atoms with Gasteiger partial charge in [-0.25, -0.2) is 24.9 Å². The highest BCUT2D eigenvalue weighted by molar-refractivity contribution is 7.25. The van der Waals surface area contributed by atoms with Crippen LogP contribution in [0, 0.1) is 0 Å². The van der Waals surface area contributed by atoms with Crippen molar-refractivity contribution in [3.63, 3.8) is 0 Å². The van der Waals surface area contributed by atoms with Gasteiger partial charge in [-0.1, -0.05) is 394 Å². The molecule has 0 aliphatic heterocycles. The van der Waals surface area contributed by atoms with Gasteiger partial charge in [0.15, 0.2) is 5.58 Å². The molecule has 0 aliphatic rings. The number of rotatable bonds is 6. The maximum absolute atomic E-state index is 6.64. The van der Waals surface area contributed by atoms with Gasteiger partial charge >= 0.3 is 0 Å². The van der Waals surface area contributed by atoms with Crippen molar-refractivity contribution >= 4 is 270 Å². The van der Waals surface area contributed by atoms with Crippen LogP contribution in [0.25, 0.3) is 311 Å². The molecule has 9 aromatic heterocycles. The lowest BCUT2D eigenvalue weighted by Gasteiger charge is -2.14. The van der Waals surface area contributed by atoms with Crippen LogP contribution >= 0.6 is 11.3 Å². The van der Waals surface area contributed by atoms with Crippen molar-refractivity contribution in [2.75, 3.05) is 0 Å². The standard InChI is InChI=1S/2C44H25N3O.C44H25N3S/c1-5-15-30-26(11-1)22-24-37-39(30)35-23-21-27-12-2-6-16-31(27)42(35)47(37)44-45-40-34-19-9-10-20-38(34)48-43(40)41(46-44)36-25-28-13-3-4-14-29(28)32-17-7-8-18-33(32)36;2*1-5-15-30-26(11-1)22-24-37-39(30)35-23-21-27-12-2-6-16-31(27)42(35)47(37)44-45-41(40-34-19-9-10-20-38(34)48-43(40)46-44)36-25-28-13-3-4-14-29(28)32-17-7-8-18-33(32)36/h3*1-25H. The van der Waals surface area contributed by atoms with E-state index in [9.17, 15) is 0 Å². The lowest BCUT2D eigenvalue weighted by atomic mass is 9.94. The second-order valence-electron chi connectivity index (χ2n) is 37.6. The van der Waals surface area contributed by atoms with E-state index in [0.717, 1.165) is 137 Å². The van der Waals surface area contributed by atoms with Gasteiger partial charge in [0.05, 0.1) is 49.9 Å². The Morgan fingerprint density at radius 3 is 0.917 bits per heavy atom. The summed E-state index contributed by atoms with van der Waals surface area (Å²) in [5.41, 5.74) is 16.0. The molecule has 0 unspecified atom stereocenters. The van der Waals surface area contributed by atoms with E-state index < -0.39 is 0 Å². The highest BCUT2D eigenvalue weighted by atomic mass is 32.1. The van der Waals surface area contributed by atoms with Gasteiger partial charge in [0.25, 0.3) is 0 Å². The number of furan rings is 2. The fourth-order valence-electron chi connectivity index (χ4n) is 23.7. The molecule has 0 radical (unpaired) electrons. The second-order valence-corrected chi connectivity index (χ2v) is 38.6. The van der Waals surface area contributed by atoms with Gasteiger partial charge < -0.3 is 8.83 Å². The van der Waals surface area contributed by atoms with Crippen molar-refractivity contribution in [3.05, 3.63) is 455 Å². The minimum absolute atomic E-state index is 0.574. The van der Waals surface area contributed by atoms with Crippen LogP contribution in [-0.4, -0.2) is 43.6 Å². The quantitative estimate of drug-likeness (QED) is 0.151. The van der Waals surface area contributed by atoms with Crippen molar-refractivity contribution < 1.29 is 8.83 Å². The maximum Gasteiger partial charge on any atom is 0.238 e. The number of aromatic nitrogens is 9. The Kier molecular flexibility index (Phi) is 17.3. The summed E-state index contributed by atoms with van der Waals surface area (Å²) in [7, 11) is 0. The second kappa shape index (κ2) is 31.2. The van der Waals surface area contributed by atoms with Crippen molar-refractivity contribution in [1.29, 1.82) is 0 Å². The molecule has 0 N–H and O–H groups in total. The predicted molar refractivity (Wildman–Crippen MR) is 603 cm³/mol. The normalized spacial score (nSPS) is 12.2. The first kappa shape index (κ1) is 79.9. The number of thiophene rings is 1. The third-order valence-electron chi connectivity index (χ3n) is 30.0. The monoisotopic (exact) mass is 1850 g/mol. The molecular formula is C132H75N9O2S. The first-order valence-corrected chi connectivity index (χ1v) is 49.6. The van der Waals surface area contributed by atoms with Crippen LogP contribution in [0.1, 0.15) is 0 Å². The highest BCUT2D eigenvalue weighted by Crippen LogP contribution is 2.51. The topological polar surface area (TPSA) is 118 Å². The Morgan fingerprint density at radius 1 is 0.188 bits per heavy atom. The SMILES string of the molecule is c1ccc2c(c1)cc(-c1nc(-n3c4ccc5ccccc5c4c4ccc5ccccc5c43)nc3c1oc1ccccc13)c1ccccc12.c1ccc2c(c1)cc(-c1nc(-n3c4ccc5ccccc5c4c4ccc5ccccc5c43)nc3oc4ccccc4c13)c1ccccc12.c1ccc2c(c1)cc(-c1nc(-n3c4ccc5ccccc5c4c4ccc5ccccc5c43)nc3sc4ccccc4c13)c1ccccc12. The molecule has 33 rings (SSSR count). The van der Waals surface area contributed by atoms with Crippen molar-refractivity contribution in [2.45, 2.75) is 0 Å². The Balaban J connectivity index is 0.0000000986. The smallest absolute Gasteiger partial charge is 0.238 e. The van der Waals surface area contributed by atoms with Crippen molar-refractivity contribution in [1.82, 2.24) is 43.6 Å². The van der Waals surface area contributed by atoms with E-state index in [4.69, 9.17) is 38.7 Å². The summed E-state index contributed by atoms with van der Waals surface area (Å²) in [6.07, 6.45) is 0. The molecule has 0 saturated carbocycles. The number of para-hydroxylation sites is 2. The Bertz CT molecular complexity index is 11000. The van der Waals surface area contributed by atoms with Gasteiger partial charge in [-0.3, -0.25) is 13.7 Å². The number of nitrogens with zero attached hydrogens (tertiary/aromatic N) is 9. The molecule has 0 atom stereocenters. The van der Waals surface area contributed by atoms with Crippen molar-refractivity contribution in [2.24, 2.45) is 0 Å². The van der Waals surface area contributed by atoms with E-state index >= 15 is 0 Å². The molecule has 33 aromatic rings. The minimum atomic E-state index is 0.574. The molecule has 24 aromatic carbocycles. The van der Waals surface area contributed by atoms with E-state index in [1.165, 1.54) is 145 Å². The molecule has 0 aliphatic carbocycles. The van der Waals surface area contributed by atoms with Crippen LogP contribution in [0.3, 0.4) is 0 Å². The largest absolute Gasteiger partial charge is 0.452 e. The summed E-state index contributed by atoms with van der Waals surface area (Å²) in [6.45, 7) is 0. The third kappa shape index (κ3) is 11.9. The zero-order chi connectivity index (χ0) is 94.0. The Hall–Kier alpha value is -19.1. The maximum atomic E-state index is 6.64. The number of hydrogen-bond donors (Lipinski definition) is 0. The molecular weight excluding hydrogens is 1780 g/mol. The summed E-state index contributed by atoms with van der Waals surface area (Å²) in [5.74, 6) is 1.89. The van der Waals surface area contributed by atoms with Crippen LogP contribution in [0.2, 0.25) is 0 Å². The summed E-state index contributed by atoms with van der Waals surface area (Å²) in [6, 6.07) is 162. The fraction of sp³-hybridized carbons (Fsp3) is 0. The average molecular weight is 1850 g/mol. The fourth-order valence-corrected chi connectivity index (χ4v) is 24.8. The van der Waals surface area contributed by atoms with E-state index in [0.29, 0.717) is 29.1 Å². The van der Waals surface area contributed by atoms with Gasteiger partial charge in [-0.2, -0.15) is 4.98 Å². The van der Waals surface area contributed by atoms with Gasteiger partial charge in [0, 0.05) is 91.4 Å². The third-order valence-corrected chi connectivity index (χ3v) is 31.0. The highest BCUT2D eigenvalue weighted by Gasteiger charge is 2.30. The first-order valence-electron chi connectivity index (χ1n) is 48.8. The van der Waals surface area contributed by atoms with Gasteiger partial charge in [-0.05, 0) is 174 Å². The molecule has 144 heavy (non-hydrogen) atoms. The van der Waals surface area contributed by atoms with Crippen LogP contribution in [0.4, 0.5) is 0 Å². The molecule has 666 valence electrons. The van der Waals surface area contributed by atoms with Crippen LogP contribution in [0.5, 0.6) is 0 Å². The van der Waals surface area contributed by atoms with E-state index in [1.807, 2.05) is 30.3 Å². The number of fused-ring (bicyclic) bond motifs is 39. The Morgan fingerprint density at radius 2 is 0.486 bits per heavy atom. The molecule has 0 amide bonds. The predicted octanol–water partition coefficient (Wildman–Crippen LogP) is 35.7. The van der Waals surface area contributed by atoms with Crippen LogP contribution in [0.15, 0.2) is 464 Å². The van der Waals surface area contributed by atoms with Gasteiger partial charge in [0.2, 0.25) is 23.6 Å². The summed E-state index contributed by atoms with van der Waals surface area (Å²) < 4.78 is 21.3. The van der Waals surface area contributed by atoms with Crippen molar-refractivity contribution in [3.8, 4) is 51.6 Å². The van der Waals surface area contributed by atoms with E-state index in [1.54, 1.807) is 11.3 Å². The zero-order valence-corrected chi connectivity index (χ0v) is 77.9. The molecule has 0 saturated heterocycles. The lowest BCUT2D eigenvalue weighted by Crippen LogP contribution is -2.03. The molecule has 11 nitrogen and oxygen atoms in total. The molecule has 0 bridgehead atoms. The summed E-state index contributed by atoms with van der Waals surface area (Å²) in [4.78, 5) is 33.8. The minimum Gasteiger partial charge on any atom is -0.452 e.